The molecule has 0 saturated carbocycles. The highest BCUT2D eigenvalue weighted by Gasteiger charge is 2.51. The number of hydrogen-bond donors (Lipinski definition) is 0. The van der Waals surface area contributed by atoms with Gasteiger partial charge >= 0.3 is 11.6 Å². The number of rotatable bonds is 1. The zero-order valence-electron chi connectivity index (χ0n) is 17.2. The van der Waals surface area contributed by atoms with Crippen molar-refractivity contribution in [2.24, 2.45) is 5.92 Å². The first-order valence-electron chi connectivity index (χ1n) is 10.2. The number of Topliss-reactive ketones (excluding diaryl/α,β-unsaturated/α-hetero) is 1. The number of esters is 1. The number of carbonyl (C=O) groups excluding carboxylic acids is 2. The van der Waals surface area contributed by atoms with Crippen molar-refractivity contribution in [3.05, 3.63) is 98.9 Å². The molecule has 10 heteroatoms. The van der Waals surface area contributed by atoms with Crippen LogP contribution < -0.4 is 15.1 Å². The molecule has 3 heterocycles. The average molecular weight is 482 g/mol. The van der Waals surface area contributed by atoms with Crippen LogP contribution in [0, 0.1) is 29.2 Å². The summed E-state index contributed by atoms with van der Waals surface area (Å²) in [6.45, 7) is 0. The second kappa shape index (κ2) is 7.26. The van der Waals surface area contributed by atoms with Crippen molar-refractivity contribution in [1.82, 2.24) is 0 Å². The molecule has 0 saturated heterocycles. The Balaban J connectivity index is 1.72. The summed E-state index contributed by atoms with van der Waals surface area (Å²) in [4.78, 5) is 39.5. The van der Waals surface area contributed by atoms with Gasteiger partial charge in [0.2, 0.25) is 11.6 Å². The summed E-state index contributed by atoms with van der Waals surface area (Å²) in [5.74, 6) is -15.7. The van der Waals surface area contributed by atoms with Crippen LogP contribution in [0.1, 0.15) is 27.4 Å². The van der Waals surface area contributed by atoms with E-state index in [9.17, 15) is 27.6 Å². The highest BCUT2D eigenvalue weighted by molar-refractivity contribution is 6.14. The molecule has 174 valence electrons. The summed E-state index contributed by atoms with van der Waals surface area (Å²) in [6, 6.07) is 11.5. The number of ketones is 1. The summed E-state index contributed by atoms with van der Waals surface area (Å²) in [7, 11) is 0. The largest absolute Gasteiger partial charge is 0.452 e. The van der Waals surface area contributed by atoms with E-state index in [-0.39, 0.29) is 28.0 Å². The van der Waals surface area contributed by atoms with E-state index in [4.69, 9.17) is 13.9 Å². The number of hydrogen-bond acceptors (Lipinski definition) is 6. The van der Waals surface area contributed by atoms with Crippen molar-refractivity contribution in [3.63, 3.8) is 0 Å². The van der Waals surface area contributed by atoms with Gasteiger partial charge in [-0.2, -0.15) is 4.39 Å². The molecule has 0 bridgehead atoms. The molecular weight excluding hydrogens is 472 g/mol. The second-order valence-electron chi connectivity index (χ2n) is 7.97. The Bertz CT molecular complexity index is 1680. The van der Waals surface area contributed by atoms with Gasteiger partial charge in [0.1, 0.15) is 23.0 Å². The van der Waals surface area contributed by atoms with Gasteiger partial charge in [-0.05, 0) is 24.3 Å². The Morgan fingerprint density at radius 1 is 0.657 bits per heavy atom. The Morgan fingerprint density at radius 3 is 2.14 bits per heavy atom. The van der Waals surface area contributed by atoms with Gasteiger partial charge < -0.3 is 13.9 Å². The predicted molar refractivity (Wildman–Crippen MR) is 111 cm³/mol. The van der Waals surface area contributed by atoms with Crippen LogP contribution in [-0.4, -0.2) is 11.8 Å². The summed E-state index contributed by atoms with van der Waals surface area (Å²) in [5.41, 5.74) is -2.76. The van der Waals surface area contributed by atoms with E-state index >= 15 is 4.39 Å². The molecule has 0 radical (unpaired) electrons. The van der Waals surface area contributed by atoms with Crippen LogP contribution in [0.4, 0.5) is 17.6 Å². The number of fused-ring (bicyclic) bond motifs is 5. The third-order valence-corrected chi connectivity index (χ3v) is 6.12. The van der Waals surface area contributed by atoms with Crippen LogP contribution in [-0.2, 0) is 4.79 Å². The quantitative estimate of drug-likeness (QED) is 0.0722. The van der Waals surface area contributed by atoms with E-state index < -0.39 is 69.4 Å². The van der Waals surface area contributed by atoms with Crippen LogP contribution in [0.3, 0.4) is 0 Å². The van der Waals surface area contributed by atoms with E-state index in [1.54, 1.807) is 0 Å². The molecule has 0 fully saturated rings. The van der Waals surface area contributed by atoms with Crippen LogP contribution >= 0.6 is 0 Å². The fourth-order valence-electron chi connectivity index (χ4n) is 4.59. The SMILES string of the molecule is O=C1Oc2ccccc2C(=O)C1C1c2c(F)c(F)c(F)c(F)c2Oc2c1c(=O)oc1ccccc21. The number of halogens is 4. The Hall–Kier alpha value is -4.47. The monoisotopic (exact) mass is 482 g/mol. The van der Waals surface area contributed by atoms with Crippen LogP contribution in [0.5, 0.6) is 17.2 Å². The molecule has 0 amide bonds. The highest BCUT2D eigenvalue weighted by atomic mass is 19.2. The van der Waals surface area contributed by atoms with Gasteiger partial charge in [-0.15, -0.1) is 0 Å². The first-order chi connectivity index (χ1) is 16.8. The average Bonchev–Trinajstić information content (AvgIpc) is 2.85. The summed E-state index contributed by atoms with van der Waals surface area (Å²) < 4.78 is 74.5. The van der Waals surface area contributed by atoms with Gasteiger partial charge in [-0.25, -0.2) is 18.0 Å². The molecule has 0 aliphatic carbocycles. The molecule has 2 aliphatic heterocycles. The first kappa shape index (κ1) is 21.1. The van der Waals surface area contributed by atoms with Gasteiger partial charge in [0.05, 0.1) is 16.5 Å². The zero-order valence-corrected chi connectivity index (χ0v) is 17.2. The van der Waals surface area contributed by atoms with E-state index in [2.05, 4.69) is 0 Å². The third kappa shape index (κ3) is 2.79. The first-order valence-corrected chi connectivity index (χ1v) is 10.2. The molecule has 6 nitrogen and oxygen atoms in total. The lowest BCUT2D eigenvalue weighted by Gasteiger charge is -2.33. The minimum atomic E-state index is -2.19. The maximum Gasteiger partial charge on any atom is 0.343 e. The van der Waals surface area contributed by atoms with Gasteiger partial charge in [0, 0.05) is 11.5 Å². The summed E-state index contributed by atoms with van der Waals surface area (Å²) in [6.07, 6.45) is 0. The molecule has 2 atom stereocenters. The lowest BCUT2D eigenvalue weighted by Crippen LogP contribution is -2.41. The topological polar surface area (TPSA) is 82.8 Å². The molecule has 4 aromatic rings. The number of benzene rings is 3. The maximum absolute atomic E-state index is 15.2. The van der Waals surface area contributed by atoms with Crippen molar-refractivity contribution in [2.45, 2.75) is 5.92 Å². The predicted octanol–water partition coefficient (Wildman–Crippen LogP) is 5.01. The molecule has 0 spiro atoms. The van der Waals surface area contributed by atoms with Crippen LogP contribution in [0.2, 0.25) is 0 Å². The minimum Gasteiger partial charge on any atom is -0.452 e. The lowest BCUT2D eigenvalue weighted by atomic mass is 9.74. The maximum atomic E-state index is 15.2. The van der Waals surface area contributed by atoms with Crippen molar-refractivity contribution < 1.29 is 41.0 Å². The van der Waals surface area contributed by atoms with Gasteiger partial charge in [0.25, 0.3) is 0 Å². The standard InChI is InChI=1S/C25H10F4O6/c26-17-14-13(15-21(30)9-5-1-3-7-11(9)33-24(15)31)16-22(35-23(14)20(29)19(28)18(17)27)10-6-2-4-8-12(10)34-25(16)32/h1-8,13,15H. The third-order valence-electron chi connectivity index (χ3n) is 6.12. The molecule has 6 rings (SSSR count). The van der Waals surface area contributed by atoms with E-state index in [1.807, 2.05) is 0 Å². The van der Waals surface area contributed by atoms with Crippen molar-refractivity contribution >= 4 is 22.7 Å². The molecule has 3 aromatic carbocycles. The molecule has 1 aromatic heterocycles. The van der Waals surface area contributed by atoms with E-state index in [1.165, 1.54) is 48.5 Å². The van der Waals surface area contributed by atoms with Gasteiger partial charge in [0.15, 0.2) is 23.2 Å². The van der Waals surface area contributed by atoms with Crippen molar-refractivity contribution in [1.29, 1.82) is 0 Å². The Kier molecular flexibility index (Phi) is 4.38. The van der Waals surface area contributed by atoms with Gasteiger partial charge in [-0.3, -0.25) is 9.59 Å². The van der Waals surface area contributed by atoms with Crippen LogP contribution in [0.25, 0.3) is 11.0 Å². The fourth-order valence-corrected chi connectivity index (χ4v) is 4.59. The van der Waals surface area contributed by atoms with Gasteiger partial charge in [-0.1, -0.05) is 24.3 Å². The van der Waals surface area contributed by atoms with E-state index in [0.29, 0.717) is 0 Å². The second-order valence-corrected chi connectivity index (χ2v) is 7.97. The molecular formula is C25H10F4O6. The Labute approximate surface area is 192 Å². The number of carbonyl (C=O) groups is 2. The summed E-state index contributed by atoms with van der Waals surface area (Å²) in [5, 5.41) is 0.0966. The summed E-state index contributed by atoms with van der Waals surface area (Å²) >= 11 is 0. The zero-order chi connectivity index (χ0) is 24.6. The normalized spacial score (nSPS) is 18.4. The van der Waals surface area contributed by atoms with Crippen molar-refractivity contribution in [2.75, 3.05) is 0 Å². The smallest absolute Gasteiger partial charge is 0.343 e. The fraction of sp³-hybridized carbons (Fsp3) is 0.0800. The molecule has 35 heavy (non-hydrogen) atoms. The van der Waals surface area contributed by atoms with E-state index in [0.717, 1.165) is 0 Å². The molecule has 2 aliphatic rings. The highest BCUT2D eigenvalue weighted by Crippen LogP contribution is 2.53. The molecule has 2 unspecified atom stereocenters. The Morgan fingerprint density at radius 2 is 1.34 bits per heavy atom. The number of ether oxygens (including phenoxy) is 2. The van der Waals surface area contributed by atoms with Crippen LogP contribution in [0.15, 0.2) is 57.7 Å². The van der Waals surface area contributed by atoms with Crippen molar-refractivity contribution in [3.8, 4) is 17.2 Å². The lowest BCUT2D eigenvalue weighted by molar-refractivity contribution is -0.138. The molecule has 0 N–H and O–H groups in total. The minimum absolute atomic E-state index is 0.00944. The number of para-hydroxylation sites is 2.